The van der Waals surface area contributed by atoms with E-state index in [9.17, 15) is 31.5 Å². The Morgan fingerprint density at radius 2 is 1.83 bits per heavy atom. The van der Waals surface area contributed by atoms with Crippen LogP contribution < -0.4 is 19.5 Å². The van der Waals surface area contributed by atoms with Gasteiger partial charge in [0.1, 0.15) is 22.8 Å². The SMILES string of the molecule is O=C1CC(c2ccc(CC(NS(=O)(=O)c3ccccc3)C(=O)NCCCCOc3cccc(O)c3)cc2Cl)S(=O)(=O)N1. The van der Waals surface area contributed by atoms with Gasteiger partial charge < -0.3 is 15.2 Å². The van der Waals surface area contributed by atoms with Crippen molar-refractivity contribution in [2.75, 3.05) is 13.2 Å². The monoisotopic (exact) mass is 635 g/mol. The van der Waals surface area contributed by atoms with Crippen LogP contribution in [0.15, 0.2) is 77.7 Å². The number of phenolic OH excluding ortho intramolecular Hbond substituents is 1. The van der Waals surface area contributed by atoms with E-state index in [1.54, 1.807) is 36.4 Å². The smallest absolute Gasteiger partial charge is 0.242 e. The molecular formula is C28H30ClN3O8S2. The fraction of sp³-hybridized carbons (Fsp3) is 0.286. The summed E-state index contributed by atoms with van der Waals surface area (Å²) < 4.78 is 60.6. The molecule has 2 unspecified atom stereocenters. The van der Waals surface area contributed by atoms with Crippen LogP contribution in [0.3, 0.4) is 0 Å². The van der Waals surface area contributed by atoms with Crippen molar-refractivity contribution in [2.45, 2.75) is 41.9 Å². The van der Waals surface area contributed by atoms with Gasteiger partial charge in [0.2, 0.25) is 31.9 Å². The Morgan fingerprint density at radius 3 is 2.50 bits per heavy atom. The Balaban J connectivity index is 1.42. The third-order valence-electron chi connectivity index (χ3n) is 6.48. The summed E-state index contributed by atoms with van der Waals surface area (Å²) in [5.74, 6) is -0.572. The topological polar surface area (TPSA) is 168 Å². The van der Waals surface area contributed by atoms with Gasteiger partial charge in [0, 0.05) is 17.6 Å². The first-order chi connectivity index (χ1) is 19.9. The average molecular weight is 636 g/mol. The van der Waals surface area contributed by atoms with E-state index in [1.165, 1.54) is 36.4 Å². The number of phenols is 1. The molecule has 0 bridgehead atoms. The number of halogens is 1. The van der Waals surface area contributed by atoms with Crippen molar-refractivity contribution in [1.29, 1.82) is 0 Å². The molecule has 1 saturated heterocycles. The van der Waals surface area contributed by atoms with E-state index in [2.05, 4.69) is 10.0 Å². The van der Waals surface area contributed by atoms with E-state index in [0.717, 1.165) is 0 Å². The molecule has 224 valence electrons. The molecule has 3 aromatic carbocycles. The molecule has 42 heavy (non-hydrogen) atoms. The molecule has 0 radical (unpaired) electrons. The molecule has 1 fully saturated rings. The first-order valence-corrected chi connectivity index (χ1v) is 16.4. The molecule has 11 nitrogen and oxygen atoms in total. The lowest BCUT2D eigenvalue weighted by Gasteiger charge is -2.20. The first-order valence-electron chi connectivity index (χ1n) is 13.0. The number of hydrogen-bond acceptors (Lipinski definition) is 8. The van der Waals surface area contributed by atoms with Crippen molar-refractivity contribution in [3.8, 4) is 11.5 Å². The second-order valence-electron chi connectivity index (χ2n) is 9.65. The minimum absolute atomic E-state index is 0.0103. The molecule has 0 aromatic heterocycles. The second kappa shape index (κ2) is 13.6. The lowest BCUT2D eigenvalue weighted by atomic mass is 10.0. The van der Waals surface area contributed by atoms with E-state index < -0.39 is 43.2 Å². The maximum Gasteiger partial charge on any atom is 0.242 e. The summed E-state index contributed by atoms with van der Waals surface area (Å²) in [6.07, 6.45) is 0.802. The molecule has 0 spiro atoms. The highest BCUT2D eigenvalue weighted by Gasteiger charge is 2.39. The lowest BCUT2D eigenvalue weighted by molar-refractivity contribution is -0.122. The van der Waals surface area contributed by atoms with Crippen LogP contribution in [0.5, 0.6) is 11.5 Å². The molecular weight excluding hydrogens is 606 g/mol. The van der Waals surface area contributed by atoms with Crippen LogP contribution in [-0.4, -0.2) is 52.9 Å². The van der Waals surface area contributed by atoms with Gasteiger partial charge in [0.15, 0.2) is 0 Å². The van der Waals surface area contributed by atoms with Gasteiger partial charge >= 0.3 is 0 Å². The average Bonchev–Trinajstić information content (AvgIpc) is 3.21. The molecule has 1 aliphatic heterocycles. The molecule has 0 aliphatic carbocycles. The summed E-state index contributed by atoms with van der Waals surface area (Å²) in [6, 6.07) is 17.3. The largest absolute Gasteiger partial charge is 0.508 e. The van der Waals surface area contributed by atoms with Crippen molar-refractivity contribution in [3.05, 3.63) is 88.9 Å². The van der Waals surface area contributed by atoms with Gasteiger partial charge in [-0.3, -0.25) is 14.3 Å². The number of sulfonamides is 2. The summed E-state index contributed by atoms with van der Waals surface area (Å²) in [6.45, 7) is 0.609. The van der Waals surface area contributed by atoms with Gasteiger partial charge in [0.25, 0.3) is 0 Å². The summed E-state index contributed by atoms with van der Waals surface area (Å²) in [4.78, 5) is 24.8. The highest BCUT2D eigenvalue weighted by Crippen LogP contribution is 2.35. The van der Waals surface area contributed by atoms with E-state index in [0.29, 0.717) is 30.8 Å². The van der Waals surface area contributed by atoms with Crippen molar-refractivity contribution in [3.63, 3.8) is 0 Å². The van der Waals surface area contributed by atoms with Crippen LogP contribution in [-0.2, 0) is 36.1 Å². The number of aromatic hydroxyl groups is 1. The van der Waals surface area contributed by atoms with Crippen LogP contribution in [0.1, 0.15) is 35.6 Å². The van der Waals surface area contributed by atoms with Crippen LogP contribution >= 0.6 is 11.6 Å². The maximum atomic E-state index is 13.2. The van der Waals surface area contributed by atoms with Gasteiger partial charge in [-0.25, -0.2) is 16.8 Å². The number of benzene rings is 3. The highest BCUT2D eigenvalue weighted by atomic mass is 35.5. The zero-order valence-electron chi connectivity index (χ0n) is 22.3. The van der Waals surface area contributed by atoms with Crippen molar-refractivity contribution in [2.24, 2.45) is 0 Å². The Labute approximate surface area is 249 Å². The Bertz CT molecular complexity index is 1650. The molecule has 4 N–H and O–H groups in total. The third kappa shape index (κ3) is 8.22. The Kier molecular flexibility index (Phi) is 10.1. The summed E-state index contributed by atoms with van der Waals surface area (Å²) in [7, 11) is -7.97. The van der Waals surface area contributed by atoms with Crippen LogP contribution in [0.2, 0.25) is 5.02 Å². The van der Waals surface area contributed by atoms with Crippen LogP contribution in [0.4, 0.5) is 0 Å². The highest BCUT2D eigenvalue weighted by molar-refractivity contribution is 7.90. The summed E-state index contributed by atoms with van der Waals surface area (Å²) in [5.41, 5.74) is 0.714. The molecule has 2 amide bonds. The number of ether oxygens (including phenoxy) is 1. The van der Waals surface area contributed by atoms with Crippen molar-refractivity contribution >= 4 is 43.5 Å². The van der Waals surface area contributed by atoms with Gasteiger partial charge in [-0.1, -0.05) is 48.0 Å². The minimum Gasteiger partial charge on any atom is -0.508 e. The number of carbonyl (C=O) groups excluding carboxylic acids is 2. The second-order valence-corrected chi connectivity index (χ2v) is 13.6. The lowest BCUT2D eigenvalue weighted by Crippen LogP contribution is -2.48. The third-order valence-corrected chi connectivity index (χ3v) is 9.97. The summed E-state index contributed by atoms with van der Waals surface area (Å²) in [5, 5.41) is 11.2. The predicted octanol–water partition coefficient (Wildman–Crippen LogP) is 2.80. The first kappa shape index (κ1) is 31.3. The molecule has 3 aromatic rings. The fourth-order valence-corrected chi connectivity index (χ4v) is 7.46. The fourth-order valence-electron chi connectivity index (χ4n) is 4.39. The molecule has 4 rings (SSSR count). The van der Waals surface area contributed by atoms with Gasteiger partial charge in [0.05, 0.1) is 17.9 Å². The predicted molar refractivity (Wildman–Crippen MR) is 156 cm³/mol. The summed E-state index contributed by atoms with van der Waals surface area (Å²) >= 11 is 6.39. The number of carbonyl (C=O) groups is 2. The quantitative estimate of drug-likeness (QED) is 0.208. The zero-order valence-corrected chi connectivity index (χ0v) is 24.7. The molecule has 14 heteroatoms. The zero-order chi connectivity index (χ0) is 30.3. The Morgan fingerprint density at radius 1 is 1.07 bits per heavy atom. The number of rotatable bonds is 13. The van der Waals surface area contributed by atoms with E-state index >= 15 is 0 Å². The van der Waals surface area contributed by atoms with Crippen LogP contribution in [0, 0.1) is 0 Å². The number of hydrogen-bond donors (Lipinski definition) is 4. The van der Waals surface area contributed by atoms with Crippen molar-refractivity contribution < 1.29 is 36.3 Å². The minimum atomic E-state index is -4.06. The standard InChI is InChI=1S/C28H30ClN3O8S2/c29-24-15-19(11-12-23(24)26-18-27(34)32-42(26,38)39)16-25(31-41(36,37)22-9-2-1-3-10-22)28(35)30-13-4-5-14-40-21-8-6-7-20(33)17-21/h1-3,6-12,15,17,25-26,31,33H,4-5,13-14,16,18H2,(H,30,35)(H,32,34). The molecule has 1 heterocycles. The van der Waals surface area contributed by atoms with Crippen LogP contribution in [0.25, 0.3) is 0 Å². The van der Waals surface area contributed by atoms with E-state index in [-0.39, 0.29) is 40.6 Å². The molecule has 1 aliphatic rings. The van der Waals surface area contributed by atoms with E-state index in [1.807, 2.05) is 4.72 Å². The normalized spacial score (nSPS) is 16.9. The number of amides is 2. The molecule has 0 saturated carbocycles. The van der Waals surface area contributed by atoms with E-state index in [4.69, 9.17) is 16.3 Å². The van der Waals surface area contributed by atoms with Gasteiger partial charge in [-0.15, -0.1) is 0 Å². The van der Waals surface area contributed by atoms with Crippen molar-refractivity contribution in [1.82, 2.24) is 14.8 Å². The number of unbranched alkanes of at least 4 members (excludes halogenated alkanes) is 1. The number of nitrogens with one attached hydrogen (secondary N) is 3. The molecule has 2 atom stereocenters. The van der Waals surface area contributed by atoms with Gasteiger partial charge in [-0.05, 0) is 60.7 Å². The van der Waals surface area contributed by atoms with Gasteiger partial charge in [-0.2, -0.15) is 4.72 Å². The Hall–Kier alpha value is -3.65. The maximum absolute atomic E-state index is 13.2.